The van der Waals surface area contributed by atoms with E-state index < -0.39 is 0 Å². The van der Waals surface area contributed by atoms with Gasteiger partial charge in [-0.25, -0.2) is 9.50 Å². The maximum atomic E-state index is 5.57. The minimum Gasteiger partial charge on any atom is -0.352 e. The number of nitrogens with zero attached hydrogens (tertiary/aromatic N) is 5. The molecule has 0 radical (unpaired) electrons. The Balaban J connectivity index is 1.73. The third-order valence-corrected chi connectivity index (χ3v) is 3.84. The number of aryl methyl sites for hydroxylation is 1. The van der Waals surface area contributed by atoms with Gasteiger partial charge in [0.2, 0.25) is 0 Å². The molecular formula is C14H22N6. The molecular weight excluding hydrogens is 252 g/mol. The van der Waals surface area contributed by atoms with Crippen molar-refractivity contribution in [2.45, 2.75) is 13.3 Å². The smallest absolute Gasteiger partial charge is 0.154 e. The van der Waals surface area contributed by atoms with Gasteiger partial charge < -0.3 is 10.6 Å². The molecule has 6 nitrogen and oxygen atoms in total. The molecule has 0 aromatic carbocycles. The molecule has 6 heteroatoms. The highest BCUT2D eigenvalue weighted by atomic mass is 15.3. The predicted octanol–water partition coefficient (Wildman–Crippen LogP) is 0.509. The molecule has 3 rings (SSSR count). The highest BCUT2D eigenvalue weighted by molar-refractivity contribution is 5.69. The van der Waals surface area contributed by atoms with Crippen LogP contribution in [0.1, 0.15) is 12.1 Å². The van der Waals surface area contributed by atoms with Crippen LogP contribution in [0.25, 0.3) is 5.52 Å². The third-order valence-electron chi connectivity index (χ3n) is 3.84. The average molecular weight is 274 g/mol. The quantitative estimate of drug-likeness (QED) is 0.880. The van der Waals surface area contributed by atoms with E-state index in [1.165, 1.54) is 0 Å². The van der Waals surface area contributed by atoms with Crippen LogP contribution in [0.5, 0.6) is 0 Å². The predicted molar refractivity (Wildman–Crippen MR) is 80.0 cm³/mol. The fourth-order valence-electron chi connectivity index (χ4n) is 2.77. The first-order valence-electron chi connectivity index (χ1n) is 7.26. The molecule has 0 amide bonds. The Morgan fingerprint density at radius 3 is 2.80 bits per heavy atom. The molecule has 0 spiro atoms. The van der Waals surface area contributed by atoms with Crippen LogP contribution in [0.2, 0.25) is 0 Å². The van der Waals surface area contributed by atoms with E-state index >= 15 is 0 Å². The number of piperazine rings is 1. The first-order valence-corrected chi connectivity index (χ1v) is 7.26. The zero-order chi connectivity index (χ0) is 13.9. The zero-order valence-corrected chi connectivity index (χ0v) is 12.0. The van der Waals surface area contributed by atoms with Crippen molar-refractivity contribution in [1.82, 2.24) is 19.5 Å². The normalized spacial score (nSPS) is 17.0. The monoisotopic (exact) mass is 274 g/mol. The molecule has 2 aromatic heterocycles. The van der Waals surface area contributed by atoms with Crippen molar-refractivity contribution in [2.24, 2.45) is 5.73 Å². The van der Waals surface area contributed by atoms with Gasteiger partial charge in [-0.05, 0) is 32.5 Å². The lowest BCUT2D eigenvalue weighted by molar-refractivity contribution is 0.256. The Morgan fingerprint density at radius 1 is 1.25 bits per heavy atom. The number of anilines is 1. The summed E-state index contributed by atoms with van der Waals surface area (Å²) in [4.78, 5) is 9.39. The number of hydrogen-bond acceptors (Lipinski definition) is 5. The number of aromatic nitrogens is 3. The molecule has 0 unspecified atom stereocenters. The van der Waals surface area contributed by atoms with E-state index in [9.17, 15) is 0 Å². The SMILES string of the molecule is Cc1cc2c(N3CCN(CCCN)CC3)nccn2n1. The maximum Gasteiger partial charge on any atom is 0.154 e. The van der Waals surface area contributed by atoms with Crippen LogP contribution in [-0.2, 0) is 0 Å². The second-order valence-corrected chi connectivity index (χ2v) is 5.34. The first-order chi connectivity index (χ1) is 9.78. The fraction of sp³-hybridized carbons (Fsp3) is 0.571. The molecule has 1 aliphatic heterocycles. The highest BCUT2D eigenvalue weighted by Gasteiger charge is 2.19. The summed E-state index contributed by atoms with van der Waals surface area (Å²) < 4.78 is 1.92. The number of nitrogens with two attached hydrogens (primary N) is 1. The Morgan fingerprint density at radius 2 is 2.05 bits per heavy atom. The molecule has 1 aliphatic rings. The largest absolute Gasteiger partial charge is 0.352 e. The van der Waals surface area contributed by atoms with Crippen molar-refractivity contribution in [2.75, 3.05) is 44.2 Å². The van der Waals surface area contributed by atoms with E-state index in [1.807, 2.05) is 23.8 Å². The topological polar surface area (TPSA) is 62.7 Å². The molecule has 0 bridgehead atoms. The minimum atomic E-state index is 0.774. The summed E-state index contributed by atoms with van der Waals surface area (Å²) in [5.41, 5.74) is 7.70. The molecule has 0 atom stereocenters. The van der Waals surface area contributed by atoms with E-state index in [-0.39, 0.29) is 0 Å². The average Bonchev–Trinajstić information content (AvgIpc) is 2.85. The lowest BCUT2D eigenvalue weighted by Gasteiger charge is -2.35. The van der Waals surface area contributed by atoms with E-state index in [0.29, 0.717) is 0 Å². The summed E-state index contributed by atoms with van der Waals surface area (Å²) in [7, 11) is 0. The fourth-order valence-corrected chi connectivity index (χ4v) is 2.77. The minimum absolute atomic E-state index is 0.774. The number of rotatable bonds is 4. The third kappa shape index (κ3) is 2.62. The summed E-state index contributed by atoms with van der Waals surface area (Å²) in [5.74, 6) is 1.05. The highest BCUT2D eigenvalue weighted by Crippen LogP contribution is 2.20. The summed E-state index contributed by atoms with van der Waals surface area (Å²) in [6.07, 6.45) is 4.81. The van der Waals surface area contributed by atoms with E-state index in [2.05, 4.69) is 25.9 Å². The Bertz CT molecular complexity index is 570. The molecule has 1 fully saturated rings. The van der Waals surface area contributed by atoms with Crippen LogP contribution in [0, 0.1) is 6.92 Å². The van der Waals surface area contributed by atoms with Crippen molar-refractivity contribution >= 4 is 11.3 Å². The molecule has 0 saturated carbocycles. The van der Waals surface area contributed by atoms with Gasteiger partial charge in [0.15, 0.2) is 5.82 Å². The van der Waals surface area contributed by atoms with Gasteiger partial charge in [-0.2, -0.15) is 5.10 Å². The summed E-state index contributed by atoms with van der Waals surface area (Å²) in [5, 5.41) is 4.45. The summed E-state index contributed by atoms with van der Waals surface area (Å²) in [6.45, 7) is 8.08. The lowest BCUT2D eigenvalue weighted by atomic mass is 10.2. The van der Waals surface area contributed by atoms with Gasteiger partial charge in [0.1, 0.15) is 5.52 Å². The Hall–Kier alpha value is -1.66. The molecule has 2 aromatic rings. The van der Waals surface area contributed by atoms with E-state index in [4.69, 9.17) is 5.73 Å². The molecule has 3 heterocycles. The molecule has 1 saturated heterocycles. The van der Waals surface area contributed by atoms with Crippen LogP contribution in [-0.4, -0.2) is 58.8 Å². The second kappa shape index (κ2) is 5.76. The van der Waals surface area contributed by atoms with E-state index in [0.717, 1.165) is 62.7 Å². The van der Waals surface area contributed by atoms with Gasteiger partial charge >= 0.3 is 0 Å². The molecule has 2 N–H and O–H groups in total. The number of hydrogen-bond donors (Lipinski definition) is 1. The Kier molecular flexibility index (Phi) is 3.84. The second-order valence-electron chi connectivity index (χ2n) is 5.34. The van der Waals surface area contributed by atoms with Crippen molar-refractivity contribution in [3.63, 3.8) is 0 Å². The lowest BCUT2D eigenvalue weighted by Crippen LogP contribution is -2.47. The van der Waals surface area contributed by atoms with Gasteiger partial charge in [-0.15, -0.1) is 0 Å². The van der Waals surface area contributed by atoms with Gasteiger partial charge in [0, 0.05) is 38.6 Å². The zero-order valence-electron chi connectivity index (χ0n) is 12.0. The van der Waals surface area contributed by atoms with Gasteiger partial charge in [-0.3, -0.25) is 4.90 Å². The standard InChI is InChI=1S/C14H22N6/c1-12-11-13-14(16-4-6-20(13)17-12)19-9-7-18(8-10-19)5-2-3-15/h4,6,11H,2-3,5,7-10,15H2,1H3. The Labute approximate surface area is 119 Å². The van der Waals surface area contributed by atoms with Gasteiger partial charge in [0.05, 0.1) is 5.69 Å². The van der Waals surface area contributed by atoms with E-state index in [1.54, 1.807) is 0 Å². The van der Waals surface area contributed by atoms with Crippen molar-refractivity contribution in [1.29, 1.82) is 0 Å². The molecule has 20 heavy (non-hydrogen) atoms. The number of fused-ring (bicyclic) bond motifs is 1. The van der Waals surface area contributed by atoms with Gasteiger partial charge in [-0.1, -0.05) is 0 Å². The van der Waals surface area contributed by atoms with Crippen molar-refractivity contribution in [3.05, 3.63) is 24.2 Å². The molecule has 0 aliphatic carbocycles. The first kappa shape index (κ1) is 13.3. The van der Waals surface area contributed by atoms with Crippen LogP contribution in [0.15, 0.2) is 18.5 Å². The van der Waals surface area contributed by atoms with Crippen LogP contribution in [0.3, 0.4) is 0 Å². The van der Waals surface area contributed by atoms with Crippen LogP contribution >= 0.6 is 0 Å². The van der Waals surface area contributed by atoms with Crippen molar-refractivity contribution in [3.8, 4) is 0 Å². The van der Waals surface area contributed by atoms with Gasteiger partial charge in [0.25, 0.3) is 0 Å². The van der Waals surface area contributed by atoms with Crippen molar-refractivity contribution < 1.29 is 0 Å². The van der Waals surface area contributed by atoms with Crippen LogP contribution < -0.4 is 10.6 Å². The summed E-state index contributed by atoms with van der Waals surface area (Å²) >= 11 is 0. The summed E-state index contributed by atoms with van der Waals surface area (Å²) in [6, 6.07) is 2.10. The van der Waals surface area contributed by atoms with Crippen LogP contribution in [0.4, 0.5) is 5.82 Å². The molecule has 108 valence electrons. The maximum absolute atomic E-state index is 5.57.